The Morgan fingerprint density at radius 3 is 1.28 bits per heavy atom. The molecule has 1 aliphatic carbocycles. The minimum Gasteiger partial charge on any atom is -0.462 e. The molecule has 6 N–H and O–H groups in total. The van der Waals surface area contributed by atoms with E-state index < -0.39 is 75.7 Å². The van der Waals surface area contributed by atoms with Crippen molar-refractivity contribution >= 4 is 19.8 Å². The fourth-order valence-electron chi connectivity index (χ4n) is 8.08. The molecule has 1 aliphatic rings. The number of esters is 2. The van der Waals surface area contributed by atoms with Crippen LogP contribution in [-0.2, 0) is 32.7 Å². The highest BCUT2D eigenvalue weighted by Crippen LogP contribution is 2.47. The van der Waals surface area contributed by atoms with Crippen LogP contribution in [0.1, 0.15) is 232 Å². The van der Waals surface area contributed by atoms with Crippen LogP contribution in [0.25, 0.3) is 0 Å². The molecular formula is C51H95O13P. The summed E-state index contributed by atoms with van der Waals surface area (Å²) >= 11 is 0. The molecule has 13 nitrogen and oxygen atoms in total. The zero-order valence-corrected chi connectivity index (χ0v) is 41.7. The molecule has 0 heterocycles. The van der Waals surface area contributed by atoms with Crippen LogP contribution in [0.5, 0.6) is 0 Å². The van der Waals surface area contributed by atoms with Gasteiger partial charge in [0.1, 0.15) is 43.2 Å². The summed E-state index contributed by atoms with van der Waals surface area (Å²) in [6, 6.07) is 0. The predicted molar refractivity (Wildman–Crippen MR) is 258 cm³/mol. The molecule has 0 aromatic heterocycles. The van der Waals surface area contributed by atoms with Crippen molar-refractivity contribution in [3.8, 4) is 0 Å². The number of hydrogen-bond donors (Lipinski definition) is 6. The second-order valence-electron chi connectivity index (χ2n) is 18.4. The van der Waals surface area contributed by atoms with Crippen LogP contribution in [0.4, 0.5) is 0 Å². The minimum atomic E-state index is -5.12. The fourth-order valence-corrected chi connectivity index (χ4v) is 9.06. The maximum atomic E-state index is 12.9. The van der Waals surface area contributed by atoms with Crippen molar-refractivity contribution in [3.05, 3.63) is 24.3 Å². The number of phosphoric acid groups is 1. The monoisotopic (exact) mass is 947 g/mol. The van der Waals surface area contributed by atoms with Gasteiger partial charge in [0.2, 0.25) is 0 Å². The van der Waals surface area contributed by atoms with Crippen LogP contribution in [0.15, 0.2) is 24.3 Å². The van der Waals surface area contributed by atoms with Gasteiger partial charge in [0.25, 0.3) is 0 Å². The zero-order chi connectivity index (χ0) is 47.8. The lowest BCUT2D eigenvalue weighted by Gasteiger charge is -2.41. The number of carbonyl (C=O) groups excluding carboxylic acids is 2. The van der Waals surface area contributed by atoms with Gasteiger partial charge in [0, 0.05) is 12.8 Å². The predicted octanol–water partition coefficient (Wildman–Crippen LogP) is 11.2. The van der Waals surface area contributed by atoms with Crippen LogP contribution in [0, 0.1) is 0 Å². The molecule has 0 aromatic rings. The summed E-state index contributed by atoms with van der Waals surface area (Å²) in [5.41, 5.74) is 0. The fraction of sp³-hybridized carbons (Fsp3) is 0.882. The van der Waals surface area contributed by atoms with E-state index in [4.69, 9.17) is 18.5 Å². The minimum absolute atomic E-state index is 0.0999. The van der Waals surface area contributed by atoms with Crippen molar-refractivity contribution in [1.29, 1.82) is 0 Å². The molecule has 8 atom stereocenters. The van der Waals surface area contributed by atoms with E-state index in [1.165, 1.54) is 128 Å². The van der Waals surface area contributed by atoms with Gasteiger partial charge in [-0.3, -0.25) is 18.6 Å². The van der Waals surface area contributed by atoms with Gasteiger partial charge in [-0.05, 0) is 44.9 Å². The van der Waals surface area contributed by atoms with Gasteiger partial charge in [0.05, 0.1) is 6.61 Å². The lowest BCUT2D eigenvalue weighted by atomic mass is 9.85. The van der Waals surface area contributed by atoms with E-state index in [1.54, 1.807) is 0 Å². The second kappa shape index (κ2) is 41.3. The Labute approximate surface area is 394 Å². The summed E-state index contributed by atoms with van der Waals surface area (Å²) < 4.78 is 33.7. The molecule has 6 unspecified atom stereocenters. The van der Waals surface area contributed by atoms with Gasteiger partial charge >= 0.3 is 19.8 Å². The van der Waals surface area contributed by atoms with Crippen molar-refractivity contribution in [2.75, 3.05) is 13.2 Å². The van der Waals surface area contributed by atoms with E-state index in [9.17, 15) is 44.6 Å². The van der Waals surface area contributed by atoms with Gasteiger partial charge < -0.3 is 39.9 Å². The number of rotatable bonds is 44. The van der Waals surface area contributed by atoms with Crippen molar-refractivity contribution in [3.63, 3.8) is 0 Å². The van der Waals surface area contributed by atoms with Crippen LogP contribution in [-0.4, -0.2) is 98.3 Å². The van der Waals surface area contributed by atoms with Gasteiger partial charge in [0.15, 0.2) is 6.10 Å². The first kappa shape index (κ1) is 61.3. The molecule has 1 fully saturated rings. The van der Waals surface area contributed by atoms with Crippen molar-refractivity contribution in [1.82, 2.24) is 0 Å². The summed E-state index contributed by atoms with van der Waals surface area (Å²) in [5.74, 6) is -1.10. The Bertz CT molecular complexity index is 1230. The molecule has 65 heavy (non-hydrogen) atoms. The Morgan fingerprint density at radius 2 is 0.831 bits per heavy atom. The number of allylic oxidation sites excluding steroid dienone is 4. The summed E-state index contributed by atoms with van der Waals surface area (Å²) in [6.07, 6.45) is 33.6. The lowest BCUT2D eigenvalue weighted by molar-refractivity contribution is -0.220. The van der Waals surface area contributed by atoms with Crippen molar-refractivity contribution in [2.24, 2.45) is 0 Å². The van der Waals surface area contributed by atoms with E-state index in [1.807, 2.05) is 0 Å². The lowest BCUT2D eigenvalue weighted by Crippen LogP contribution is -2.64. The van der Waals surface area contributed by atoms with E-state index in [0.29, 0.717) is 12.8 Å². The molecule has 14 heteroatoms. The maximum Gasteiger partial charge on any atom is 0.472 e. The number of aliphatic hydroxyl groups is 5. The van der Waals surface area contributed by atoms with E-state index in [2.05, 4.69) is 38.2 Å². The topological polar surface area (TPSA) is 210 Å². The smallest absolute Gasteiger partial charge is 0.462 e. The number of unbranched alkanes of at least 4 members (excludes halogenated alkanes) is 28. The molecule has 0 aromatic carbocycles. The number of phosphoric ester groups is 1. The molecule has 0 spiro atoms. The first-order valence-corrected chi connectivity index (χ1v) is 27.6. The highest BCUT2D eigenvalue weighted by molar-refractivity contribution is 7.47. The number of aliphatic hydroxyl groups excluding tert-OH is 5. The molecular weight excluding hydrogens is 852 g/mol. The van der Waals surface area contributed by atoms with E-state index in [0.717, 1.165) is 64.2 Å². The Kier molecular flexibility index (Phi) is 39.0. The number of hydrogen-bond acceptors (Lipinski definition) is 12. The number of carbonyl (C=O) groups is 2. The second-order valence-corrected chi connectivity index (χ2v) is 19.8. The average molecular weight is 947 g/mol. The van der Waals surface area contributed by atoms with Crippen molar-refractivity contribution in [2.45, 2.75) is 275 Å². The molecule has 1 saturated carbocycles. The Morgan fingerprint density at radius 1 is 0.477 bits per heavy atom. The Balaban J connectivity index is 2.39. The van der Waals surface area contributed by atoms with Crippen LogP contribution in [0.2, 0.25) is 0 Å². The molecule has 0 aliphatic heterocycles. The van der Waals surface area contributed by atoms with Gasteiger partial charge in [-0.15, -0.1) is 0 Å². The first-order chi connectivity index (χ1) is 31.4. The summed E-state index contributed by atoms with van der Waals surface area (Å²) in [5, 5.41) is 50.3. The zero-order valence-electron chi connectivity index (χ0n) is 40.8. The molecule has 0 radical (unpaired) electrons. The quantitative estimate of drug-likeness (QED) is 0.0146. The van der Waals surface area contributed by atoms with Crippen molar-refractivity contribution < 1.29 is 63.1 Å². The third-order valence-electron chi connectivity index (χ3n) is 12.3. The van der Waals surface area contributed by atoms with Gasteiger partial charge in [-0.2, -0.15) is 0 Å². The highest BCUT2D eigenvalue weighted by atomic mass is 31.2. The summed E-state index contributed by atoms with van der Waals surface area (Å²) in [4.78, 5) is 35.8. The highest BCUT2D eigenvalue weighted by Gasteiger charge is 2.51. The van der Waals surface area contributed by atoms with E-state index in [-0.39, 0.29) is 12.8 Å². The van der Waals surface area contributed by atoms with Crippen LogP contribution < -0.4 is 0 Å². The van der Waals surface area contributed by atoms with Crippen LogP contribution >= 0.6 is 7.82 Å². The summed E-state index contributed by atoms with van der Waals surface area (Å²) in [7, 11) is -5.12. The third kappa shape index (κ3) is 33.5. The first-order valence-electron chi connectivity index (χ1n) is 26.1. The summed E-state index contributed by atoms with van der Waals surface area (Å²) in [6.45, 7) is 3.31. The maximum absolute atomic E-state index is 12.9. The molecule has 0 bridgehead atoms. The average Bonchev–Trinajstić information content (AvgIpc) is 3.29. The molecule has 1 rings (SSSR count). The largest absolute Gasteiger partial charge is 0.472 e. The van der Waals surface area contributed by atoms with Gasteiger partial charge in [-0.25, -0.2) is 4.57 Å². The Hall–Kier alpha value is -1.67. The third-order valence-corrected chi connectivity index (χ3v) is 13.3. The van der Waals surface area contributed by atoms with Gasteiger partial charge in [-0.1, -0.05) is 199 Å². The van der Waals surface area contributed by atoms with Crippen LogP contribution in [0.3, 0.4) is 0 Å². The molecule has 0 saturated heterocycles. The normalized spacial score (nSPS) is 21.5. The number of ether oxygens (including phenoxy) is 2. The standard InChI is InChI=1S/C51H95O13P/c1-3-5-7-9-11-13-15-17-19-21-22-24-26-28-30-32-34-36-38-40-45(53)63-43(42-62-65(59,60)64-51-49(57)47(55)46(54)48(56)50(51)58)41-61-44(52)39-37-35-33-31-29-27-25-23-20-18-16-14-12-10-8-6-4-2/h12,14,18,20,43,46-51,54-58H,3-11,13,15-17,19,21-42H2,1-2H3,(H,59,60)/b14-12-,20-18-/t43-,46?,47-,48?,49?,50?,51?/m1/s1. The molecule has 0 amide bonds. The molecule has 382 valence electrons. The van der Waals surface area contributed by atoms with E-state index >= 15 is 0 Å². The SMILES string of the molecule is CCCCC/C=C\C/C=C\CCCCCCCCCC(=O)OC[C@H](COP(=O)(O)OC1C(O)C(O)C(O)[C@@H](O)C1O)OC(=O)CCCCCCCCCCCCCCCCCCCCC.